The van der Waals surface area contributed by atoms with E-state index >= 15 is 0 Å². The number of fused-ring (bicyclic) bond motifs is 1. The highest BCUT2D eigenvalue weighted by Crippen LogP contribution is 2.11. The van der Waals surface area contributed by atoms with Crippen molar-refractivity contribution in [3.05, 3.63) is 22.9 Å². The van der Waals surface area contributed by atoms with Crippen LogP contribution in [0.2, 0.25) is 0 Å². The van der Waals surface area contributed by atoms with E-state index in [1.807, 2.05) is 0 Å². The van der Waals surface area contributed by atoms with Crippen LogP contribution in [-0.2, 0) is 0 Å². The Balaban J connectivity index is 3.08. The van der Waals surface area contributed by atoms with Crippen molar-refractivity contribution in [1.29, 1.82) is 0 Å². The summed E-state index contributed by atoms with van der Waals surface area (Å²) in [5.41, 5.74) is 6.22. The van der Waals surface area contributed by atoms with E-state index in [4.69, 9.17) is 5.73 Å². The molecule has 0 unspecified atom stereocenters. The monoisotopic (exact) mass is 150 g/mol. The molecule has 0 spiro atoms. The Morgan fingerprint density at radius 1 is 1.45 bits per heavy atom. The largest absolute Gasteiger partial charge is 0.397 e. The van der Waals surface area contributed by atoms with E-state index in [1.54, 1.807) is 6.20 Å². The summed E-state index contributed by atoms with van der Waals surface area (Å²) in [4.78, 5) is 20.1. The maximum atomic E-state index is 11.1. The molecule has 0 amide bonds. The Morgan fingerprint density at radius 3 is 3.00 bits per heavy atom. The van der Waals surface area contributed by atoms with Crippen LogP contribution in [0.25, 0.3) is 11.0 Å². The Bertz CT molecular complexity index is 441. The van der Waals surface area contributed by atoms with Crippen molar-refractivity contribution in [2.75, 3.05) is 5.73 Å². The van der Waals surface area contributed by atoms with Crippen molar-refractivity contribution in [3.63, 3.8) is 0 Å². The number of H-pyrrole nitrogens is 2. The molecule has 0 aromatic carbocycles. The molecule has 5 heteroatoms. The minimum Gasteiger partial charge on any atom is -0.397 e. The standard InChI is InChI=1S/C6H6N4O/c7-3-1-8-5-4(3)6(11)10-2-9-5/h1-2H,7H2,(H2,8,9,10,11). The fraction of sp³-hybridized carbons (Fsp3) is 0. The average Bonchev–Trinajstić information content (AvgIpc) is 2.34. The third kappa shape index (κ3) is 0.706. The molecule has 11 heavy (non-hydrogen) atoms. The molecule has 0 atom stereocenters. The molecule has 2 aromatic heterocycles. The van der Waals surface area contributed by atoms with Crippen molar-refractivity contribution in [3.8, 4) is 0 Å². The SMILES string of the molecule is Nc1c[nH]c2nc[nH]c(=O)c12. The van der Waals surface area contributed by atoms with Gasteiger partial charge in [-0.25, -0.2) is 4.98 Å². The second-order valence-corrected chi connectivity index (χ2v) is 2.20. The zero-order valence-electron chi connectivity index (χ0n) is 5.59. The topological polar surface area (TPSA) is 87.6 Å². The molecule has 56 valence electrons. The maximum Gasteiger partial charge on any atom is 0.262 e. The number of hydrogen-bond donors (Lipinski definition) is 3. The third-order valence-electron chi connectivity index (χ3n) is 1.51. The molecule has 2 rings (SSSR count). The summed E-state index contributed by atoms with van der Waals surface area (Å²) in [5.74, 6) is 0. The summed E-state index contributed by atoms with van der Waals surface area (Å²) in [7, 11) is 0. The Hall–Kier alpha value is -1.78. The summed E-state index contributed by atoms with van der Waals surface area (Å²) in [5, 5.41) is 0.424. The number of aromatic amines is 2. The molecule has 0 saturated carbocycles. The molecule has 0 saturated heterocycles. The van der Waals surface area contributed by atoms with Crippen LogP contribution in [0.1, 0.15) is 0 Å². The van der Waals surface area contributed by atoms with E-state index in [0.29, 0.717) is 16.7 Å². The first-order valence-electron chi connectivity index (χ1n) is 3.09. The van der Waals surface area contributed by atoms with Crippen molar-refractivity contribution < 1.29 is 0 Å². The highest BCUT2D eigenvalue weighted by Gasteiger charge is 2.03. The van der Waals surface area contributed by atoms with E-state index < -0.39 is 0 Å². The normalized spacial score (nSPS) is 10.5. The Kier molecular flexibility index (Phi) is 1.00. The van der Waals surface area contributed by atoms with Gasteiger partial charge < -0.3 is 15.7 Å². The van der Waals surface area contributed by atoms with Gasteiger partial charge in [-0.05, 0) is 0 Å². The van der Waals surface area contributed by atoms with Gasteiger partial charge in [-0.2, -0.15) is 0 Å². The van der Waals surface area contributed by atoms with E-state index in [-0.39, 0.29) is 5.56 Å². The lowest BCUT2D eigenvalue weighted by Gasteiger charge is -1.86. The molecule has 0 aliphatic rings. The van der Waals surface area contributed by atoms with Crippen molar-refractivity contribution >= 4 is 16.7 Å². The first-order valence-corrected chi connectivity index (χ1v) is 3.09. The van der Waals surface area contributed by atoms with Gasteiger partial charge in [-0.15, -0.1) is 0 Å². The van der Waals surface area contributed by atoms with E-state index in [0.717, 1.165) is 0 Å². The zero-order chi connectivity index (χ0) is 7.84. The van der Waals surface area contributed by atoms with E-state index in [2.05, 4.69) is 15.0 Å². The number of nitrogens with one attached hydrogen (secondary N) is 2. The van der Waals surface area contributed by atoms with Crippen LogP contribution in [0.5, 0.6) is 0 Å². The van der Waals surface area contributed by atoms with Gasteiger partial charge in [0, 0.05) is 6.20 Å². The van der Waals surface area contributed by atoms with E-state index in [9.17, 15) is 4.79 Å². The fourth-order valence-corrected chi connectivity index (χ4v) is 0.995. The van der Waals surface area contributed by atoms with Crippen LogP contribution in [0.4, 0.5) is 5.69 Å². The smallest absolute Gasteiger partial charge is 0.262 e. The van der Waals surface area contributed by atoms with Crippen LogP contribution < -0.4 is 11.3 Å². The second-order valence-electron chi connectivity index (χ2n) is 2.20. The predicted molar refractivity (Wildman–Crippen MR) is 41.1 cm³/mol. The van der Waals surface area contributed by atoms with Crippen LogP contribution in [0, 0.1) is 0 Å². The van der Waals surface area contributed by atoms with Gasteiger partial charge in [0.2, 0.25) is 0 Å². The predicted octanol–water partition coefficient (Wildman–Crippen LogP) is -0.167. The average molecular weight is 150 g/mol. The molecule has 4 N–H and O–H groups in total. The van der Waals surface area contributed by atoms with Crippen LogP contribution >= 0.6 is 0 Å². The van der Waals surface area contributed by atoms with Crippen molar-refractivity contribution in [2.24, 2.45) is 0 Å². The minimum absolute atomic E-state index is 0.214. The lowest BCUT2D eigenvalue weighted by Crippen LogP contribution is -2.06. The van der Waals surface area contributed by atoms with Crippen LogP contribution in [-0.4, -0.2) is 15.0 Å². The lowest BCUT2D eigenvalue weighted by atomic mass is 10.4. The highest BCUT2D eigenvalue weighted by atomic mass is 16.1. The highest BCUT2D eigenvalue weighted by molar-refractivity contribution is 5.87. The van der Waals surface area contributed by atoms with Gasteiger partial charge >= 0.3 is 0 Å². The molecule has 2 aromatic rings. The van der Waals surface area contributed by atoms with Gasteiger partial charge in [0.05, 0.1) is 12.0 Å². The van der Waals surface area contributed by atoms with Gasteiger partial charge in [0.1, 0.15) is 11.0 Å². The second kappa shape index (κ2) is 1.85. The van der Waals surface area contributed by atoms with E-state index in [1.165, 1.54) is 6.33 Å². The summed E-state index contributed by atoms with van der Waals surface area (Å²) in [6, 6.07) is 0. The van der Waals surface area contributed by atoms with Crippen molar-refractivity contribution in [2.45, 2.75) is 0 Å². The summed E-state index contributed by atoms with van der Waals surface area (Å²) < 4.78 is 0. The lowest BCUT2D eigenvalue weighted by molar-refractivity contribution is 1.16. The summed E-state index contributed by atoms with van der Waals surface area (Å²) in [6.45, 7) is 0. The number of nitrogens with two attached hydrogens (primary N) is 1. The van der Waals surface area contributed by atoms with Crippen molar-refractivity contribution in [1.82, 2.24) is 15.0 Å². The maximum absolute atomic E-state index is 11.1. The number of anilines is 1. The molecule has 5 nitrogen and oxygen atoms in total. The quantitative estimate of drug-likeness (QED) is 0.487. The number of nitrogen functional groups attached to an aromatic ring is 1. The van der Waals surface area contributed by atoms with Crippen LogP contribution in [0.3, 0.4) is 0 Å². The molecule has 0 bridgehead atoms. The fourth-order valence-electron chi connectivity index (χ4n) is 0.995. The molecule has 0 aliphatic carbocycles. The zero-order valence-corrected chi connectivity index (χ0v) is 5.59. The molecular weight excluding hydrogens is 144 g/mol. The molecule has 0 aliphatic heterocycles. The molecule has 0 radical (unpaired) electrons. The van der Waals surface area contributed by atoms with Gasteiger partial charge in [0.25, 0.3) is 5.56 Å². The van der Waals surface area contributed by atoms with Gasteiger partial charge in [-0.1, -0.05) is 0 Å². The first-order chi connectivity index (χ1) is 5.29. The summed E-state index contributed by atoms with van der Waals surface area (Å²) in [6.07, 6.45) is 2.88. The molecule has 2 heterocycles. The number of hydrogen-bond acceptors (Lipinski definition) is 3. The number of nitrogens with zero attached hydrogens (tertiary/aromatic N) is 1. The Labute approximate surface area is 61.3 Å². The first kappa shape index (κ1) is 5.96. The third-order valence-corrected chi connectivity index (χ3v) is 1.51. The minimum atomic E-state index is -0.214. The number of aromatic nitrogens is 3. The van der Waals surface area contributed by atoms with Gasteiger partial charge in [0.15, 0.2) is 0 Å². The van der Waals surface area contributed by atoms with Crippen LogP contribution in [0.15, 0.2) is 17.3 Å². The molecule has 0 fully saturated rings. The molecular formula is C6H6N4O. The Morgan fingerprint density at radius 2 is 2.27 bits per heavy atom. The van der Waals surface area contributed by atoms with Gasteiger partial charge in [-0.3, -0.25) is 4.79 Å². The summed E-state index contributed by atoms with van der Waals surface area (Å²) >= 11 is 0. The number of rotatable bonds is 0.